The van der Waals surface area contributed by atoms with Gasteiger partial charge in [0.2, 0.25) is 0 Å². The standard InChI is InChI=1S/C17H34N2O/c1-17(2,3)16-5-4-9-19(10-6-16)11-8-18-13-15-7-12-20-14-15/h15-16,18H,4-14H2,1-3H3. The van der Waals surface area contributed by atoms with E-state index in [9.17, 15) is 0 Å². The molecule has 3 nitrogen and oxygen atoms in total. The van der Waals surface area contributed by atoms with Gasteiger partial charge in [0.05, 0.1) is 6.61 Å². The van der Waals surface area contributed by atoms with Gasteiger partial charge in [-0.1, -0.05) is 20.8 Å². The highest BCUT2D eigenvalue weighted by molar-refractivity contribution is 4.79. The molecule has 2 unspecified atom stereocenters. The summed E-state index contributed by atoms with van der Waals surface area (Å²) < 4.78 is 5.41. The first-order chi connectivity index (χ1) is 9.55. The molecule has 2 rings (SSSR count). The number of ether oxygens (including phenoxy) is 1. The van der Waals surface area contributed by atoms with Gasteiger partial charge in [-0.25, -0.2) is 0 Å². The van der Waals surface area contributed by atoms with Crippen molar-refractivity contribution in [1.29, 1.82) is 0 Å². The van der Waals surface area contributed by atoms with Gasteiger partial charge in [-0.3, -0.25) is 0 Å². The van der Waals surface area contributed by atoms with Gasteiger partial charge >= 0.3 is 0 Å². The van der Waals surface area contributed by atoms with E-state index in [0.29, 0.717) is 5.41 Å². The van der Waals surface area contributed by atoms with Crippen LogP contribution in [-0.4, -0.2) is 50.8 Å². The van der Waals surface area contributed by atoms with E-state index in [1.807, 2.05) is 0 Å². The topological polar surface area (TPSA) is 24.5 Å². The van der Waals surface area contributed by atoms with Crippen LogP contribution < -0.4 is 5.32 Å². The summed E-state index contributed by atoms with van der Waals surface area (Å²) in [4.78, 5) is 2.66. The van der Waals surface area contributed by atoms with Crippen LogP contribution in [0.1, 0.15) is 46.5 Å². The summed E-state index contributed by atoms with van der Waals surface area (Å²) in [5.74, 6) is 1.65. The Balaban J connectivity index is 1.59. The zero-order chi connectivity index (χ0) is 14.4. The Morgan fingerprint density at radius 2 is 2.00 bits per heavy atom. The second-order valence-electron chi connectivity index (χ2n) is 7.77. The summed E-state index contributed by atoms with van der Waals surface area (Å²) in [5.41, 5.74) is 0.483. The maximum atomic E-state index is 5.41. The van der Waals surface area contributed by atoms with Crippen molar-refractivity contribution in [2.45, 2.75) is 46.5 Å². The lowest BCUT2D eigenvalue weighted by Gasteiger charge is -2.29. The molecule has 0 aromatic carbocycles. The molecule has 1 N–H and O–H groups in total. The van der Waals surface area contributed by atoms with Crippen LogP contribution in [0.5, 0.6) is 0 Å². The molecule has 2 atom stereocenters. The van der Waals surface area contributed by atoms with Crippen LogP contribution in [0, 0.1) is 17.3 Å². The van der Waals surface area contributed by atoms with Gasteiger partial charge in [0.1, 0.15) is 0 Å². The van der Waals surface area contributed by atoms with Crippen LogP contribution in [0.2, 0.25) is 0 Å². The molecular formula is C17H34N2O. The van der Waals surface area contributed by atoms with Crippen LogP contribution in [0.3, 0.4) is 0 Å². The number of nitrogens with one attached hydrogen (secondary N) is 1. The second-order valence-corrected chi connectivity index (χ2v) is 7.77. The summed E-state index contributed by atoms with van der Waals surface area (Å²) in [5, 5.41) is 3.61. The summed E-state index contributed by atoms with van der Waals surface area (Å²) in [7, 11) is 0. The number of nitrogens with zero attached hydrogens (tertiary/aromatic N) is 1. The fraction of sp³-hybridized carbons (Fsp3) is 1.00. The van der Waals surface area contributed by atoms with Crippen molar-refractivity contribution in [3.8, 4) is 0 Å². The predicted octanol–water partition coefficient (Wildman–Crippen LogP) is 2.76. The van der Waals surface area contributed by atoms with E-state index in [2.05, 4.69) is 31.0 Å². The molecule has 2 saturated heterocycles. The molecule has 3 heteroatoms. The summed E-state index contributed by atoms with van der Waals surface area (Å²) in [6, 6.07) is 0. The minimum Gasteiger partial charge on any atom is -0.381 e. The van der Waals surface area contributed by atoms with Gasteiger partial charge in [0, 0.05) is 26.2 Å². The van der Waals surface area contributed by atoms with Crippen LogP contribution >= 0.6 is 0 Å². The van der Waals surface area contributed by atoms with Crippen molar-refractivity contribution in [2.75, 3.05) is 45.9 Å². The largest absolute Gasteiger partial charge is 0.381 e. The molecule has 2 aliphatic heterocycles. The molecule has 20 heavy (non-hydrogen) atoms. The predicted molar refractivity (Wildman–Crippen MR) is 85.0 cm³/mol. The first-order valence-electron chi connectivity index (χ1n) is 8.56. The summed E-state index contributed by atoms with van der Waals surface area (Å²) in [6.45, 7) is 15.2. The summed E-state index contributed by atoms with van der Waals surface area (Å²) >= 11 is 0. The van der Waals surface area contributed by atoms with Crippen LogP contribution in [0.25, 0.3) is 0 Å². The van der Waals surface area contributed by atoms with Crippen molar-refractivity contribution in [2.24, 2.45) is 17.3 Å². The smallest absolute Gasteiger partial charge is 0.0507 e. The molecular weight excluding hydrogens is 248 g/mol. The fourth-order valence-corrected chi connectivity index (χ4v) is 3.53. The van der Waals surface area contributed by atoms with Gasteiger partial charge in [-0.2, -0.15) is 0 Å². The molecule has 0 amide bonds. The SMILES string of the molecule is CC(C)(C)C1CCCN(CCNCC2CCOC2)CC1. The van der Waals surface area contributed by atoms with E-state index in [0.717, 1.165) is 38.1 Å². The van der Waals surface area contributed by atoms with Crippen LogP contribution in [-0.2, 0) is 4.74 Å². The highest BCUT2D eigenvalue weighted by Crippen LogP contribution is 2.34. The van der Waals surface area contributed by atoms with E-state index in [4.69, 9.17) is 4.74 Å². The third-order valence-electron chi connectivity index (χ3n) is 5.11. The number of hydrogen-bond donors (Lipinski definition) is 1. The molecule has 2 aliphatic rings. The van der Waals surface area contributed by atoms with Gasteiger partial charge in [0.25, 0.3) is 0 Å². The van der Waals surface area contributed by atoms with E-state index in [1.54, 1.807) is 0 Å². The van der Waals surface area contributed by atoms with E-state index >= 15 is 0 Å². The average molecular weight is 282 g/mol. The summed E-state index contributed by atoms with van der Waals surface area (Å²) in [6.07, 6.45) is 5.40. The van der Waals surface area contributed by atoms with Gasteiger partial charge in [0.15, 0.2) is 0 Å². The number of hydrogen-bond acceptors (Lipinski definition) is 3. The highest BCUT2D eigenvalue weighted by atomic mass is 16.5. The van der Waals surface area contributed by atoms with Gasteiger partial charge in [-0.05, 0) is 56.0 Å². The quantitative estimate of drug-likeness (QED) is 0.785. The third-order valence-corrected chi connectivity index (χ3v) is 5.11. The van der Waals surface area contributed by atoms with Gasteiger partial charge in [-0.15, -0.1) is 0 Å². The molecule has 0 aromatic heterocycles. The molecule has 0 aliphatic carbocycles. The van der Waals surface area contributed by atoms with Crippen molar-refractivity contribution in [3.63, 3.8) is 0 Å². The maximum absolute atomic E-state index is 5.41. The third kappa shape index (κ3) is 5.34. The minimum atomic E-state index is 0.483. The van der Waals surface area contributed by atoms with Crippen LogP contribution in [0.4, 0.5) is 0 Å². The Morgan fingerprint density at radius 1 is 1.15 bits per heavy atom. The monoisotopic (exact) mass is 282 g/mol. The van der Waals surface area contributed by atoms with E-state index in [-0.39, 0.29) is 0 Å². The molecule has 2 heterocycles. The Hall–Kier alpha value is -0.120. The molecule has 0 spiro atoms. The van der Waals surface area contributed by atoms with Crippen molar-refractivity contribution in [3.05, 3.63) is 0 Å². The molecule has 2 fully saturated rings. The highest BCUT2D eigenvalue weighted by Gasteiger charge is 2.26. The zero-order valence-corrected chi connectivity index (χ0v) is 13.8. The number of rotatable bonds is 5. The Bertz CT molecular complexity index is 269. The first-order valence-corrected chi connectivity index (χ1v) is 8.56. The minimum absolute atomic E-state index is 0.483. The average Bonchev–Trinajstić information content (AvgIpc) is 2.77. The first kappa shape index (κ1) is 16.3. The van der Waals surface area contributed by atoms with Gasteiger partial charge < -0.3 is 15.0 Å². The molecule has 0 bridgehead atoms. The van der Waals surface area contributed by atoms with Crippen LogP contribution in [0.15, 0.2) is 0 Å². The Kier molecular flexibility index (Phi) is 6.31. The second kappa shape index (κ2) is 7.77. The lowest BCUT2D eigenvalue weighted by Crippen LogP contribution is -2.35. The van der Waals surface area contributed by atoms with E-state index in [1.165, 1.54) is 45.3 Å². The molecule has 0 saturated carbocycles. The normalized spacial score (nSPS) is 29.6. The lowest BCUT2D eigenvalue weighted by molar-refractivity contribution is 0.184. The van der Waals surface area contributed by atoms with Crippen molar-refractivity contribution < 1.29 is 4.74 Å². The Labute approximate surface area is 125 Å². The fourth-order valence-electron chi connectivity index (χ4n) is 3.53. The lowest BCUT2D eigenvalue weighted by atomic mass is 9.77. The Morgan fingerprint density at radius 3 is 2.70 bits per heavy atom. The van der Waals surface area contributed by atoms with Crippen molar-refractivity contribution in [1.82, 2.24) is 10.2 Å². The molecule has 118 valence electrons. The molecule has 0 aromatic rings. The molecule has 0 radical (unpaired) electrons. The number of likely N-dealkylation sites (tertiary alicyclic amines) is 1. The zero-order valence-electron chi connectivity index (χ0n) is 13.8. The maximum Gasteiger partial charge on any atom is 0.0507 e. The van der Waals surface area contributed by atoms with Crippen molar-refractivity contribution >= 4 is 0 Å². The van der Waals surface area contributed by atoms with E-state index < -0.39 is 0 Å².